The van der Waals surface area contributed by atoms with Gasteiger partial charge in [0.1, 0.15) is 0 Å². The van der Waals surface area contributed by atoms with E-state index in [0.717, 1.165) is 5.56 Å². The maximum atomic E-state index is 14.1. The van der Waals surface area contributed by atoms with Crippen molar-refractivity contribution < 1.29 is 13.9 Å². The molecule has 1 heterocycles. The van der Waals surface area contributed by atoms with Crippen LogP contribution in [0.2, 0.25) is 0 Å². The number of aromatic nitrogens is 2. The Kier molecular flexibility index (Phi) is 5.91. The standard InChI is InChI=1S/C19H19FN2O2/c1-4-6-12-16(5-2)24-19(23)17-18(20)21-13-22(17)14(3)15-10-8-7-9-11-15/h4,7-11,13-14,16H,1,5H2,2-3H3/t14-,16?/m1/s1. The lowest BCUT2D eigenvalue weighted by Gasteiger charge is -2.17. The molecule has 0 saturated heterocycles. The molecule has 0 aliphatic rings. The zero-order chi connectivity index (χ0) is 17.5. The first kappa shape index (κ1) is 17.5. The van der Waals surface area contributed by atoms with Crippen molar-refractivity contribution in [3.05, 3.63) is 66.5 Å². The van der Waals surface area contributed by atoms with E-state index < -0.39 is 18.0 Å². The van der Waals surface area contributed by atoms with Gasteiger partial charge >= 0.3 is 5.97 Å². The number of rotatable bonds is 5. The Morgan fingerprint density at radius 1 is 1.46 bits per heavy atom. The number of hydrogen-bond acceptors (Lipinski definition) is 3. The van der Waals surface area contributed by atoms with Gasteiger partial charge in [-0.25, -0.2) is 9.78 Å². The van der Waals surface area contributed by atoms with Gasteiger partial charge in [0.25, 0.3) is 0 Å². The van der Waals surface area contributed by atoms with Crippen LogP contribution in [0, 0.1) is 17.8 Å². The first-order valence-corrected chi connectivity index (χ1v) is 7.68. The molecule has 0 radical (unpaired) electrons. The van der Waals surface area contributed by atoms with E-state index in [0.29, 0.717) is 6.42 Å². The number of nitrogens with zero attached hydrogens (tertiary/aromatic N) is 2. The van der Waals surface area contributed by atoms with Crippen LogP contribution in [0.25, 0.3) is 0 Å². The highest BCUT2D eigenvalue weighted by atomic mass is 19.1. The first-order chi connectivity index (χ1) is 11.6. The summed E-state index contributed by atoms with van der Waals surface area (Å²) in [5, 5.41) is 0. The van der Waals surface area contributed by atoms with Gasteiger partial charge in [-0.3, -0.25) is 0 Å². The van der Waals surface area contributed by atoms with E-state index in [9.17, 15) is 9.18 Å². The fourth-order valence-electron chi connectivity index (χ4n) is 2.27. The van der Waals surface area contributed by atoms with Crippen molar-refractivity contribution >= 4 is 5.97 Å². The average molecular weight is 326 g/mol. The molecule has 124 valence electrons. The topological polar surface area (TPSA) is 44.1 Å². The second-order valence-electron chi connectivity index (χ2n) is 5.17. The fourth-order valence-corrected chi connectivity index (χ4v) is 2.27. The van der Waals surface area contributed by atoms with E-state index in [1.807, 2.05) is 44.2 Å². The third kappa shape index (κ3) is 3.90. The Morgan fingerprint density at radius 3 is 2.79 bits per heavy atom. The summed E-state index contributed by atoms with van der Waals surface area (Å²) in [5.74, 6) is 3.76. The minimum Gasteiger partial charge on any atom is -0.444 e. The van der Waals surface area contributed by atoms with E-state index in [-0.39, 0.29) is 11.7 Å². The highest BCUT2D eigenvalue weighted by Crippen LogP contribution is 2.22. The summed E-state index contributed by atoms with van der Waals surface area (Å²) in [6.07, 6.45) is 2.60. The van der Waals surface area contributed by atoms with Crippen LogP contribution in [-0.4, -0.2) is 21.6 Å². The van der Waals surface area contributed by atoms with Gasteiger partial charge in [0.15, 0.2) is 11.8 Å². The van der Waals surface area contributed by atoms with Crippen LogP contribution in [0.1, 0.15) is 42.4 Å². The van der Waals surface area contributed by atoms with E-state index in [4.69, 9.17) is 4.74 Å². The number of carbonyl (C=O) groups excluding carboxylic acids is 1. The highest BCUT2D eigenvalue weighted by Gasteiger charge is 2.25. The van der Waals surface area contributed by atoms with Crippen molar-refractivity contribution in [2.45, 2.75) is 32.4 Å². The maximum Gasteiger partial charge on any atom is 0.361 e. The molecular formula is C19H19FN2O2. The highest BCUT2D eigenvalue weighted by molar-refractivity contribution is 5.88. The molecule has 0 bridgehead atoms. The smallest absolute Gasteiger partial charge is 0.361 e. The van der Waals surface area contributed by atoms with Gasteiger partial charge in [0.2, 0.25) is 5.95 Å². The van der Waals surface area contributed by atoms with Crippen molar-refractivity contribution in [2.24, 2.45) is 0 Å². The summed E-state index contributed by atoms with van der Waals surface area (Å²) in [7, 11) is 0. The molecule has 0 amide bonds. The summed E-state index contributed by atoms with van der Waals surface area (Å²) in [5.41, 5.74) is 0.729. The SMILES string of the molecule is C=CC#CC(CC)OC(=O)c1c(F)ncn1[C@H](C)c1ccccc1. The van der Waals surface area contributed by atoms with Crippen LogP contribution in [0.4, 0.5) is 4.39 Å². The van der Waals surface area contributed by atoms with Crippen molar-refractivity contribution in [1.29, 1.82) is 0 Å². The molecule has 0 saturated carbocycles. The Morgan fingerprint density at radius 2 is 2.17 bits per heavy atom. The number of hydrogen-bond donors (Lipinski definition) is 0. The Hall–Kier alpha value is -2.87. The van der Waals surface area contributed by atoms with Crippen LogP contribution in [-0.2, 0) is 4.74 Å². The Balaban J connectivity index is 2.29. The minimum absolute atomic E-state index is 0.204. The summed E-state index contributed by atoms with van der Waals surface area (Å²) >= 11 is 0. The molecule has 24 heavy (non-hydrogen) atoms. The molecule has 0 aliphatic heterocycles. The number of carbonyl (C=O) groups is 1. The molecule has 2 rings (SSSR count). The lowest BCUT2D eigenvalue weighted by Crippen LogP contribution is -2.21. The van der Waals surface area contributed by atoms with Gasteiger partial charge in [-0.05, 0) is 25.0 Å². The van der Waals surface area contributed by atoms with Gasteiger partial charge in [-0.1, -0.05) is 55.7 Å². The quantitative estimate of drug-likeness (QED) is 0.621. The molecule has 2 atom stereocenters. The zero-order valence-electron chi connectivity index (χ0n) is 13.7. The van der Waals surface area contributed by atoms with E-state index in [2.05, 4.69) is 23.4 Å². The van der Waals surface area contributed by atoms with Crippen LogP contribution in [0.5, 0.6) is 0 Å². The number of benzene rings is 1. The van der Waals surface area contributed by atoms with Crippen LogP contribution in [0.15, 0.2) is 49.3 Å². The number of ether oxygens (including phenoxy) is 1. The Labute approximate surface area is 141 Å². The molecule has 0 fully saturated rings. The van der Waals surface area contributed by atoms with Crippen molar-refractivity contribution in [3.8, 4) is 11.8 Å². The van der Waals surface area contributed by atoms with Crippen molar-refractivity contribution in [3.63, 3.8) is 0 Å². The normalized spacial score (nSPS) is 12.6. The second kappa shape index (κ2) is 8.11. The van der Waals surface area contributed by atoms with Crippen molar-refractivity contribution in [1.82, 2.24) is 9.55 Å². The minimum atomic E-state index is -0.852. The third-order valence-electron chi connectivity index (χ3n) is 3.61. The van der Waals surface area contributed by atoms with E-state index in [1.165, 1.54) is 17.0 Å². The number of imidazole rings is 1. The predicted molar refractivity (Wildman–Crippen MR) is 89.9 cm³/mol. The molecule has 1 unspecified atom stereocenters. The summed E-state index contributed by atoms with van der Waals surface area (Å²) < 4.78 is 20.8. The lowest BCUT2D eigenvalue weighted by molar-refractivity contribution is 0.0385. The molecule has 0 aliphatic carbocycles. The van der Waals surface area contributed by atoms with Crippen LogP contribution >= 0.6 is 0 Å². The molecule has 5 heteroatoms. The fraction of sp³-hybridized carbons (Fsp3) is 0.263. The van der Waals surface area contributed by atoms with Crippen LogP contribution < -0.4 is 0 Å². The zero-order valence-corrected chi connectivity index (χ0v) is 13.7. The molecule has 2 aromatic rings. The molecule has 1 aromatic heterocycles. The van der Waals surface area contributed by atoms with Gasteiger partial charge < -0.3 is 9.30 Å². The summed E-state index contributed by atoms with van der Waals surface area (Å²) in [6.45, 7) is 7.19. The summed E-state index contributed by atoms with van der Waals surface area (Å²) in [4.78, 5) is 16.0. The largest absolute Gasteiger partial charge is 0.444 e. The van der Waals surface area contributed by atoms with Crippen LogP contribution in [0.3, 0.4) is 0 Å². The van der Waals surface area contributed by atoms with Crippen molar-refractivity contribution in [2.75, 3.05) is 0 Å². The van der Waals surface area contributed by atoms with Gasteiger partial charge in [-0.15, -0.1) is 0 Å². The lowest BCUT2D eigenvalue weighted by atomic mass is 10.1. The maximum absolute atomic E-state index is 14.1. The first-order valence-electron chi connectivity index (χ1n) is 7.68. The van der Waals surface area contributed by atoms with Gasteiger partial charge in [0.05, 0.1) is 12.4 Å². The second-order valence-corrected chi connectivity index (χ2v) is 5.17. The summed E-state index contributed by atoms with van der Waals surface area (Å²) in [6, 6.07) is 9.21. The molecule has 1 aromatic carbocycles. The number of esters is 1. The Bertz CT molecular complexity index is 772. The molecule has 0 spiro atoms. The number of halogens is 1. The molecule has 0 N–H and O–H groups in total. The predicted octanol–water partition coefficient (Wildman–Crippen LogP) is 3.76. The van der Waals surface area contributed by atoms with Gasteiger partial charge in [0, 0.05) is 0 Å². The molecule has 4 nitrogen and oxygen atoms in total. The molecular weight excluding hydrogens is 307 g/mol. The van der Waals surface area contributed by atoms with E-state index in [1.54, 1.807) is 0 Å². The van der Waals surface area contributed by atoms with Gasteiger partial charge in [-0.2, -0.15) is 4.39 Å². The number of allylic oxidation sites excluding steroid dienone is 1. The average Bonchev–Trinajstić information content (AvgIpc) is 3.00. The van der Waals surface area contributed by atoms with E-state index >= 15 is 0 Å². The monoisotopic (exact) mass is 326 g/mol. The third-order valence-corrected chi connectivity index (χ3v) is 3.61.